The molecule has 0 unspecified atom stereocenters. The van der Waals surface area contributed by atoms with Gasteiger partial charge in [0.25, 0.3) is 10.0 Å². The lowest BCUT2D eigenvalue weighted by Gasteiger charge is -2.27. The third-order valence-corrected chi connectivity index (χ3v) is 5.74. The first-order valence-electron chi connectivity index (χ1n) is 9.00. The molecule has 2 aromatic rings. The van der Waals surface area contributed by atoms with Gasteiger partial charge in [-0.15, -0.1) is 0 Å². The average Bonchev–Trinajstić information content (AvgIpc) is 2.62. The first-order chi connectivity index (χ1) is 13.1. The van der Waals surface area contributed by atoms with Crippen molar-refractivity contribution >= 4 is 27.4 Å². The number of nitrogens with zero attached hydrogens (tertiary/aromatic N) is 2. The van der Waals surface area contributed by atoms with Crippen molar-refractivity contribution in [2.75, 3.05) is 43.4 Å². The van der Waals surface area contributed by atoms with Crippen molar-refractivity contribution in [1.82, 2.24) is 4.90 Å². The molecule has 0 aliphatic heterocycles. The van der Waals surface area contributed by atoms with E-state index in [4.69, 9.17) is 0 Å². The van der Waals surface area contributed by atoms with Crippen molar-refractivity contribution in [2.24, 2.45) is 0 Å². The molecule has 0 aromatic heterocycles. The summed E-state index contributed by atoms with van der Waals surface area (Å²) in [6.07, 6.45) is 0. The zero-order valence-corrected chi connectivity index (χ0v) is 17.5. The largest absolute Gasteiger partial charge is 0.478 e. The van der Waals surface area contributed by atoms with Gasteiger partial charge in [0.2, 0.25) is 0 Å². The van der Waals surface area contributed by atoms with Crippen molar-refractivity contribution in [3.05, 3.63) is 53.6 Å². The van der Waals surface area contributed by atoms with E-state index in [0.717, 1.165) is 12.1 Å². The van der Waals surface area contributed by atoms with Crippen LogP contribution in [-0.4, -0.2) is 58.1 Å². The molecule has 8 heteroatoms. The molecule has 2 N–H and O–H groups in total. The van der Waals surface area contributed by atoms with Crippen molar-refractivity contribution in [1.29, 1.82) is 0 Å². The molecule has 0 aliphatic carbocycles. The summed E-state index contributed by atoms with van der Waals surface area (Å²) < 4.78 is 28.2. The summed E-state index contributed by atoms with van der Waals surface area (Å²) >= 11 is 0. The Hall–Kier alpha value is -2.58. The van der Waals surface area contributed by atoms with Crippen LogP contribution in [0.4, 0.5) is 11.4 Å². The zero-order valence-electron chi connectivity index (χ0n) is 16.6. The number of anilines is 2. The minimum atomic E-state index is -3.85. The first-order valence-corrected chi connectivity index (χ1v) is 10.5. The molecular weight excluding hydrogens is 378 g/mol. The summed E-state index contributed by atoms with van der Waals surface area (Å²) in [6.45, 7) is 5.95. The summed E-state index contributed by atoms with van der Waals surface area (Å²) in [5, 5.41) is 9.32. The highest BCUT2D eigenvalue weighted by molar-refractivity contribution is 7.92. The second-order valence-electron chi connectivity index (χ2n) is 6.84. The molecular formula is C20H27N3O4S. The summed E-state index contributed by atoms with van der Waals surface area (Å²) in [7, 11) is 0.0733. The van der Waals surface area contributed by atoms with Crippen LogP contribution in [0.25, 0.3) is 0 Å². The number of carboxylic acids is 1. The molecule has 152 valence electrons. The van der Waals surface area contributed by atoms with E-state index in [1.165, 1.54) is 24.3 Å². The molecule has 0 spiro atoms. The molecule has 2 aromatic carbocycles. The van der Waals surface area contributed by atoms with Gasteiger partial charge < -0.3 is 14.9 Å². The van der Waals surface area contributed by atoms with E-state index in [-0.39, 0.29) is 16.1 Å². The van der Waals surface area contributed by atoms with Gasteiger partial charge in [-0.25, -0.2) is 13.2 Å². The third kappa shape index (κ3) is 5.46. The molecule has 0 atom stereocenters. The number of rotatable bonds is 9. The quantitative estimate of drug-likeness (QED) is 0.667. The maximum absolute atomic E-state index is 12.8. The number of hydrogen-bond donors (Lipinski definition) is 2. The van der Waals surface area contributed by atoms with E-state index >= 15 is 0 Å². The van der Waals surface area contributed by atoms with Crippen LogP contribution in [0.3, 0.4) is 0 Å². The van der Waals surface area contributed by atoms with Crippen LogP contribution in [0.2, 0.25) is 0 Å². The molecule has 0 saturated carbocycles. The van der Waals surface area contributed by atoms with Gasteiger partial charge in [-0.1, -0.05) is 17.7 Å². The molecule has 0 heterocycles. The minimum Gasteiger partial charge on any atom is -0.478 e. The minimum absolute atomic E-state index is 0.0222. The number of carboxylic acid groups (broad SMARTS) is 1. The number of sulfonamides is 1. The first kappa shape index (κ1) is 21.7. The fourth-order valence-electron chi connectivity index (χ4n) is 2.72. The van der Waals surface area contributed by atoms with Crippen molar-refractivity contribution in [3.63, 3.8) is 0 Å². The summed E-state index contributed by atoms with van der Waals surface area (Å²) in [4.78, 5) is 15.6. The Kier molecular flexibility index (Phi) is 7.04. The van der Waals surface area contributed by atoms with Crippen molar-refractivity contribution in [2.45, 2.75) is 18.7 Å². The third-order valence-electron chi connectivity index (χ3n) is 4.36. The predicted molar refractivity (Wildman–Crippen MR) is 112 cm³/mol. The Morgan fingerprint density at radius 3 is 2.25 bits per heavy atom. The second-order valence-corrected chi connectivity index (χ2v) is 8.52. The highest BCUT2D eigenvalue weighted by Crippen LogP contribution is 2.29. The van der Waals surface area contributed by atoms with Crippen LogP contribution in [0.1, 0.15) is 22.8 Å². The monoisotopic (exact) mass is 405 g/mol. The number of aromatic carboxylic acids is 1. The molecule has 28 heavy (non-hydrogen) atoms. The lowest BCUT2D eigenvalue weighted by molar-refractivity contribution is 0.0697. The second kappa shape index (κ2) is 9.07. The number of carbonyl (C=O) groups is 1. The molecule has 0 fully saturated rings. The topological polar surface area (TPSA) is 89.9 Å². The van der Waals surface area contributed by atoms with E-state index in [2.05, 4.69) is 4.72 Å². The van der Waals surface area contributed by atoms with Crippen LogP contribution in [0, 0.1) is 6.92 Å². The van der Waals surface area contributed by atoms with Crippen LogP contribution < -0.4 is 9.62 Å². The zero-order chi connectivity index (χ0) is 20.9. The van der Waals surface area contributed by atoms with E-state index in [1.54, 1.807) is 18.2 Å². The smallest absolute Gasteiger partial charge is 0.335 e. The Bertz CT molecular complexity index is 925. The Labute approximate surface area is 166 Å². The molecule has 0 radical (unpaired) electrons. The summed E-state index contributed by atoms with van der Waals surface area (Å²) in [5.74, 6) is -1.11. The fourth-order valence-corrected chi connectivity index (χ4v) is 3.78. The van der Waals surface area contributed by atoms with Gasteiger partial charge in [0, 0.05) is 19.6 Å². The van der Waals surface area contributed by atoms with Crippen LogP contribution in [0.5, 0.6) is 0 Å². The number of aryl methyl sites for hydroxylation is 1. The van der Waals surface area contributed by atoms with Gasteiger partial charge >= 0.3 is 5.97 Å². The predicted octanol–water partition coefficient (Wildman–Crippen LogP) is 2.88. The van der Waals surface area contributed by atoms with Crippen molar-refractivity contribution < 1.29 is 18.3 Å². The van der Waals surface area contributed by atoms with E-state index in [0.29, 0.717) is 18.8 Å². The lowest BCUT2D eigenvalue weighted by atomic mass is 10.1. The molecule has 0 bridgehead atoms. The lowest BCUT2D eigenvalue weighted by Crippen LogP contribution is -2.32. The maximum Gasteiger partial charge on any atom is 0.335 e. The number of likely N-dealkylation sites (N-methyl/N-ethyl adjacent to an activating group) is 2. The Morgan fingerprint density at radius 1 is 1.07 bits per heavy atom. The standard InChI is InChI=1S/C20H27N3O4S/c1-5-23(13-12-22(3)4)19-11-8-16(20(24)25)14-18(19)21-28(26,27)17-9-6-15(2)7-10-17/h6-11,14,21H,5,12-13H2,1-4H3,(H,24,25). The van der Waals surface area contributed by atoms with Gasteiger partial charge in [0.15, 0.2) is 0 Å². The van der Waals surface area contributed by atoms with Crippen LogP contribution >= 0.6 is 0 Å². The van der Waals surface area contributed by atoms with Crippen molar-refractivity contribution in [3.8, 4) is 0 Å². The molecule has 0 amide bonds. The number of nitrogens with one attached hydrogen (secondary N) is 1. The fraction of sp³-hybridized carbons (Fsp3) is 0.350. The van der Waals surface area contributed by atoms with Crippen LogP contribution in [0.15, 0.2) is 47.4 Å². The normalized spacial score (nSPS) is 11.5. The summed E-state index contributed by atoms with van der Waals surface area (Å²) in [6, 6.07) is 11.0. The highest BCUT2D eigenvalue weighted by Gasteiger charge is 2.20. The maximum atomic E-state index is 12.8. The summed E-state index contributed by atoms with van der Waals surface area (Å²) in [5.41, 5.74) is 1.87. The van der Waals surface area contributed by atoms with E-state index in [1.807, 2.05) is 37.7 Å². The molecule has 0 saturated heterocycles. The van der Waals surface area contributed by atoms with Gasteiger partial charge in [-0.05, 0) is 58.3 Å². The van der Waals surface area contributed by atoms with E-state index < -0.39 is 16.0 Å². The van der Waals surface area contributed by atoms with Gasteiger partial charge in [0.05, 0.1) is 21.8 Å². The van der Waals surface area contributed by atoms with Gasteiger partial charge in [0.1, 0.15) is 0 Å². The molecule has 2 rings (SSSR count). The van der Waals surface area contributed by atoms with Gasteiger partial charge in [-0.2, -0.15) is 0 Å². The highest BCUT2D eigenvalue weighted by atomic mass is 32.2. The average molecular weight is 406 g/mol. The number of hydrogen-bond acceptors (Lipinski definition) is 5. The SMILES string of the molecule is CCN(CCN(C)C)c1ccc(C(=O)O)cc1NS(=O)(=O)c1ccc(C)cc1. The Morgan fingerprint density at radius 2 is 1.71 bits per heavy atom. The van der Waals surface area contributed by atoms with E-state index in [9.17, 15) is 18.3 Å². The van der Waals surface area contributed by atoms with Gasteiger partial charge in [-0.3, -0.25) is 4.72 Å². The molecule has 0 aliphatic rings. The Balaban J connectivity index is 2.45. The number of benzene rings is 2. The molecule has 7 nitrogen and oxygen atoms in total. The van der Waals surface area contributed by atoms with Crippen LogP contribution in [-0.2, 0) is 10.0 Å².